The number of ether oxygens (including phenoxy) is 1. The van der Waals surface area contributed by atoms with Crippen LogP contribution < -0.4 is 10.1 Å². The molecule has 0 saturated carbocycles. The van der Waals surface area contributed by atoms with E-state index in [0.29, 0.717) is 37.1 Å². The molecule has 0 spiro atoms. The lowest BCUT2D eigenvalue weighted by atomic mass is 10.00. The third-order valence-electron chi connectivity index (χ3n) is 5.69. The van der Waals surface area contributed by atoms with Gasteiger partial charge in [0.05, 0.1) is 6.54 Å². The number of nitrogens with one attached hydrogen (secondary N) is 1. The summed E-state index contributed by atoms with van der Waals surface area (Å²) in [4.78, 5) is 26.1. The second kappa shape index (κ2) is 7.87. The predicted octanol–water partition coefficient (Wildman–Crippen LogP) is 2.84. The van der Waals surface area contributed by atoms with Crippen LogP contribution >= 0.6 is 0 Å². The van der Waals surface area contributed by atoms with Crippen LogP contribution in [0.15, 0.2) is 36.4 Å². The number of piperidine rings is 1. The number of amides is 2. The second-order valence-corrected chi connectivity index (χ2v) is 7.95. The average molecular weight is 394 g/mol. The van der Waals surface area contributed by atoms with Gasteiger partial charge in [0, 0.05) is 30.6 Å². The summed E-state index contributed by atoms with van der Waals surface area (Å²) in [5.74, 6) is 0.661. The maximum absolute atomic E-state index is 12.9. The number of carbonyl (C=O) groups is 2. The van der Waals surface area contributed by atoms with Gasteiger partial charge in [0.2, 0.25) is 5.91 Å². The lowest BCUT2D eigenvalue weighted by Gasteiger charge is -2.36. The quantitative estimate of drug-likeness (QED) is 0.839. The number of aryl methyl sites for hydroxylation is 3. The van der Waals surface area contributed by atoms with Crippen molar-refractivity contribution < 1.29 is 19.4 Å². The van der Waals surface area contributed by atoms with E-state index < -0.39 is 6.10 Å². The molecular formula is C23H26N2O4. The number of aliphatic hydroxyl groups is 1. The van der Waals surface area contributed by atoms with Crippen LogP contribution in [-0.2, 0) is 11.2 Å². The lowest BCUT2D eigenvalue weighted by molar-refractivity contribution is -0.116. The van der Waals surface area contributed by atoms with Crippen LogP contribution in [0.4, 0.5) is 5.69 Å². The Labute approximate surface area is 170 Å². The van der Waals surface area contributed by atoms with Crippen molar-refractivity contribution in [2.45, 2.75) is 45.3 Å². The highest BCUT2D eigenvalue weighted by atomic mass is 16.5. The van der Waals surface area contributed by atoms with Gasteiger partial charge < -0.3 is 20.1 Å². The fourth-order valence-corrected chi connectivity index (χ4v) is 3.98. The number of β-amino-alcohol motifs (C(OH)–C–C–N with tert-alkyl or cyclic N) is 1. The number of nitrogens with zero attached hydrogens (tertiary/aromatic N) is 1. The minimum absolute atomic E-state index is 0.0301. The Morgan fingerprint density at radius 3 is 2.79 bits per heavy atom. The van der Waals surface area contributed by atoms with Gasteiger partial charge >= 0.3 is 0 Å². The maximum Gasteiger partial charge on any atom is 0.254 e. The van der Waals surface area contributed by atoms with E-state index in [1.54, 1.807) is 4.90 Å². The first-order valence-electron chi connectivity index (χ1n) is 10.0. The summed E-state index contributed by atoms with van der Waals surface area (Å²) in [5, 5.41) is 13.5. The molecule has 1 fully saturated rings. The number of aliphatic hydroxyl groups excluding tert-OH is 1. The number of anilines is 1. The van der Waals surface area contributed by atoms with Crippen LogP contribution in [0.25, 0.3) is 0 Å². The van der Waals surface area contributed by atoms with Crippen LogP contribution in [0.2, 0.25) is 0 Å². The van der Waals surface area contributed by atoms with Crippen molar-refractivity contribution in [3.05, 3.63) is 58.7 Å². The van der Waals surface area contributed by atoms with E-state index >= 15 is 0 Å². The number of hydrogen-bond acceptors (Lipinski definition) is 4. The van der Waals surface area contributed by atoms with E-state index in [1.807, 2.05) is 50.2 Å². The molecule has 2 aromatic carbocycles. The van der Waals surface area contributed by atoms with Gasteiger partial charge in [-0.05, 0) is 55.7 Å². The second-order valence-electron chi connectivity index (χ2n) is 7.95. The molecule has 1 saturated heterocycles. The van der Waals surface area contributed by atoms with Gasteiger partial charge in [-0.3, -0.25) is 9.59 Å². The Morgan fingerprint density at radius 2 is 2.00 bits per heavy atom. The molecule has 6 heteroatoms. The normalized spacial score (nSPS) is 21.3. The summed E-state index contributed by atoms with van der Waals surface area (Å²) < 4.78 is 6.04. The van der Waals surface area contributed by atoms with Gasteiger partial charge in [0.1, 0.15) is 18.0 Å². The van der Waals surface area contributed by atoms with Crippen molar-refractivity contribution in [3.63, 3.8) is 0 Å². The zero-order valence-corrected chi connectivity index (χ0v) is 16.8. The predicted molar refractivity (Wildman–Crippen MR) is 110 cm³/mol. The van der Waals surface area contributed by atoms with Gasteiger partial charge in [-0.1, -0.05) is 17.7 Å². The third kappa shape index (κ3) is 4.12. The van der Waals surface area contributed by atoms with Gasteiger partial charge in [0.25, 0.3) is 5.91 Å². The highest BCUT2D eigenvalue weighted by Gasteiger charge is 2.32. The lowest BCUT2D eigenvalue weighted by Crippen LogP contribution is -2.51. The largest absolute Gasteiger partial charge is 0.488 e. The Morgan fingerprint density at radius 1 is 1.17 bits per heavy atom. The minimum atomic E-state index is -0.756. The Balaban J connectivity index is 1.41. The number of carbonyl (C=O) groups excluding carboxylic acids is 2. The molecule has 2 amide bonds. The third-order valence-corrected chi connectivity index (χ3v) is 5.69. The van der Waals surface area contributed by atoms with Crippen molar-refractivity contribution in [2.24, 2.45) is 0 Å². The first kappa shape index (κ1) is 19.5. The Hall–Kier alpha value is -2.86. The molecule has 4 rings (SSSR count). The number of hydrogen-bond donors (Lipinski definition) is 2. The highest BCUT2D eigenvalue weighted by Crippen LogP contribution is 2.29. The van der Waals surface area contributed by atoms with Crippen LogP contribution in [0, 0.1) is 13.8 Å². The molecule has 2 aromatic rings. The van der Waals surface area contributed by atoms with Crippen molar-refractivity contribution in [2.75, 3.05) is 18.4 Å². The van der Waals surface area contributed by atoms with Crippen LogP contribution in [0.3, 0.4) is 0 Å². The molecule has 0 aliphatic carbocycles. The molecule has 0 aromatic heterocycles. The zero-order valence-electron chi connectivity index (χ0n) is 16.8. The highest BCUT2D eigenvalue weighted by molar-refractivity contribution is 5.96. The molecule has 0 bridgehead atoms. The molecule has 2 heterocycles. The van der Waals surface area contributed by atoms with Crippen LogP contribution in [0.5, 0.6) is 5.75 Å². The van der Waals surface area contributed by atoms with Crippen molar-refractivity contribution in [1.82, 2.24) is 4.90 Å². The van der Waals surface area contributed by atoms with E-state index in [9.17, 15) is 14.7 Å². The van der Waals surface area contributed by atoms with Crippen molar-refractivity contribution in [1.29, 1.82) is 0 Å². The smallest absolute Gasteiger partial charge is 0.254 e. The standard InChI is InChI=1S/C23H26N2O4/c1-14-3-4-15(2)18(11-14)23(28)25-10-9-21(20(26)13-25)29-17-6-7-19-16(12-17)5-8-22(27)24-19/h3-4,6-7,11-12,20-21,26H,5,8-10,13H2,1-2H3,(H,24,27)/t20-,21-/m1/s1. The zero-order chi connectivity index (χ0) is 20.5. The van der Waals surface area contributed by atoms with Crippen LogP contribution in [-0.4, -0.2) is 47.1 Å². The Bertz CT molecular complexity index is 956. The molecular weight excluding hydrogens is 368 g/mol. The minimum Gasteiger partial charge on any atom is -0.488 e. The van der Waals surface area contributed by atoms with E-state index in [0.717, 1.165) is 22.4 Å². The fourth-order valence-electron chi connectivity index (χ4n) is 3.98. The summed E-state index contributed by atoms with van der Waals surface area (Å²) in [6.07, 6.45) is 0.593. The number of rotatable bonds is 3. The molecule has 6 nitrogen and oxygen atoms in total. The van der Waals surface area contributed by atoms with Gasteiger partial charge in [0.15, 0.2) is 0 Å². The van der Waals surface area contributed by atoms with E-state index in [-0.39, 0.29) is 24.5 Å². The van der Waals surface area contributed by atoms with Crippen molar-refractivity contribution >= 4 is 17.5 Å². The van der Waals surface area contributed by atoms with Gasteiger partial charge in [-0.25, -0.2) is 0 Å². The molecule has 2 aliphatic heterocycles. The molecule has 0 radical (unpaired) electrons. The average Bonchev–Trinajstić information content (AvgIpc) is 2.71. The summed E-state index contributed by atoms with van der Waals surface area (Å²) in [7, 11) is 0. The molecule has 2 atom stereocenters. The number of fused-ring (bicyclic) bond motifs is 1. The molecule has 2 N–H and O–H groups in total. The van der Waals surface area contributed by atoms with E-state index in [1.165, 1.54) is 0 Å². The summed E-state index contributed by atoms with van der Waals surface area (Å²) in [6, 6.07) is 11.4. The first-order valence-corrected chi connectivity index (χ1v) is 10.0. The van der Waals surface area contributed by atoms with Gasteiger partial charge in [-0.2, -0.15) is 0 Å². The molecule has 152 valence electrons. The summed E-state index contributed by atoms with van der Waals surface area (Å²) >= 11 is 0. The summed E-state index contributed by atoms with van der Waals surface area (Å²) in [6.45, 7) is 4.68. The SMILES string of the molecule is Cc1ccc(C)c(C(=O)N2CC[C@@H](Oc3ccc4c(c3)CCC(=O)N4)[C@H](O)C2)c1. The van der Waals surface area contributed by atoms with E-state index in [4.69, 9.17) is 4.74 Å². The fraction of sp³-hybridized carbons (Fsp3) is 0.391. The topological polar surface area (TPSA) is 78.9 Å². The Kier molecular flexibility index (Phi) is 5.28. The molecule has 0 unspecified atom stereocenters. The van der Waals surface area contributed by atoms with Gasteiger partial charge in [-0.15, -0.1) is 0 Å². The van der Waals surface area contributed by atoms with Crippen molar-refractivity contribution in [3.8, 4) is 5.75 Å². The number of likely N-dealkylation sites (tertiary alicyclic amines) is 1. The number of benzene rings is 2. The first-order chi connectivity index (χ1) is 13.9. The maximum atomic E-state index is 12.9. The molecule has 2 aliphatic rings. The molecule has 29 heavy (non-hydrogen) atoms. The van der Waals surface area contributed by atoms with E-state index in [2.05, 4.69) is 5.32 Å². The summed E-state index contributed by atoms with van der Waals surface area (Å²) in [5.41, 5.74) is 4.53. The monoisotopic (exact) mass is 394 g/mol. The van der Waals surface area contributed by atoms with Crippen LogP contribution in [0.1, 0.15) is 39.9 Å².